The molecule has 5 nitrogen and oxygen atoms in total. The van der Waals surface area contributed by atoms with Gasteiger partial charge in [-0.25, -0.2) is 13.4 Å². The first kappa shape index (κ1) is 12.9. The van der Waals surface area contributed by atoms with E-state index in [1.165, 1.54) is 6.26 Å². The van der Waals surface area contributed by atoms with Gasteiger partial charge in [0.25, 0.3) is 0 Å². The Balaban J connectivity index is 2.93. The predicted octanol–water partition coefficient (Wildman–Crippen LogP) is 1.78. The Morgan fingerprint density at radius 3 is 2.39 bits per heavy atom. The van der Waals surface area contributed by atoms with E-state index < -0.39 is 9.84 Å². The molecule has 1 heterocycles. The van der Waals surface area contributed by atoms with Gasteiger partial charge in [-0.15, -0.1) is 0 Å². The molecule has 2 aromatic rings. The number of nitrogens with two attached hydrogens (primary N) is 1. The van der Waals surface area contributed by atoms with E-state index in [-0.39, 0.29) is 10.4 Å². The van der Waals surface area contributed by atoms with Gasteiger partial charge in [0.2, 0.25) is 5.95 Å². The molecule has 0 aliphatic carbocycles. The maximum absolute atomic E-state index is 11.7. The molecule has 0 unspecified atom stereocenters. The summed E-state index contributed by atoms with van der Waals surface area (Å²) in [6, 6.07) is 5.10. The minimum Gasteiger partial charge on any atom is -0.369 e. The van der Waals surface area contributed by atoms with Gasteiger partial charge in [0, 0.05) is 11.8 Å². The number of hydrogen-bond acceptors (Lipinski definition) is 4. The molecule has 1 aromatic carbocycles. The van der Waals surface area contributed by atoms with Crippen molar-refractivity contribution in [1.82, 2.24) is 9.55 Å². The van der Waals surface area contributed by atoms with Crippen molar-refractivity contribution in [3.63, 3.8) is 0 Å². The molecule has 0 saturated heterocycles. The van der Waals surface area contributed by atoms with Crippen LogP contribution in [0.5, 0.6) is 0 Å². The summed E-state index contributed by atoms with van der Waals surface area (Å²) in [5.41, 5.74) is 6.83. The van der Waals surface area contributed by atoms with Crippen LogP contribution in [0.2, 0.25) is 0 Å². The van der Waals surface area contributed by atoms with Crippen molar-refractivity contribution in [1.29, 1.82) is 0 Å². The molecule has 1 aromatic heterocycles. The highest BCUT2D eigenvalue weighted by Crippen LogP contribution is 2.29. The Kier molecular flexibility index (Phi) is 2.66. The van der Waals surface area contributed by atoms with Crippen molar-refractivity contribution in [2.75, 3.05) is 12.0 Å². The standard InChI is InChI=1S/C12H17N3O2S/c1-12(2,3)15-8-6-5-7-9(18(4,16)17)10(8)14-11(15)13/h5-7H,1-4H3,(H2,13,14). The number of sulfone groups is 1. The quantitative estimate of drug-likeness (QED) is 0.854. The van der Waals surface area contributed by atoms with Crippen LogP contribution in [0.4, 0.5) is 5.95 Å². The first-order valence-corrected chi connectivity index (χ1v) is 7.49. The Hall–Kier alpha value is -1.56. The van der Waals surface area contributed by atoms with Crippen molar-refractivity contribution < 1.29 is 8.42 Å². The predicted molar refractivity (Wildman–Crippen MR) is 72.3 cm³/mol. The molecule has 0 spiro atoms. The van der Waals surface area contributed by atoms with E-state index in [2.05, 4.69) is 4.98 Å². The van der Waals surface area contributed by atoms with Crippen molar-refractivity contribution in [3.8, 4) is 0 Å². The highest BCUT2D eigenvalue weighted by Gasteiger charge is 2.23. The van der Waals surface area contributed by atoms with Crippen LogP contribution in [-0.4, -0.2) is 24.2 Å². The van der Waals surface area contributed by atoms with Gasteiger partial charge in [-0.1, -0.05) is 6.07 Å². The molecule has 0 fully saturated rings. The fourth-order valence-corrected chi connectivity index (χ4v) is 2.92. The molecule has 0 saturated carbocycles. The second kappa shape index (κ2) is 3.71. The van der Waals surface area contributed by atoms with Crippen LogP contribution >= 0.6 is 0 Å². The number of nitrogen functional groups attached to an aromatic ring is 1. The van der Waals surface area contributed by atoms with E-state index in [0.29, 0.717) is 11.5 Å². The molecule has 6 heteroatoms. The lowest BCUT2D eigenvalue weighted by Crippen LogP contribution is -2.23. The molecule has 98 valence electrons. The lowest BCUT2D eigenvalue weighted by Gasteiger charge is -2.23. The van der Waals surface area contributed by atoms with Crippen molar-refractivity contribution in [2.24, 2.45) is 0 Å². The largest absolute Gasteiger partial charge is 0.369 e. The van der Waals surface area contributed by atoms with Crippen LogP contribution in [0.25, 0.3) is 11.0 Å². The molecule has 2 N–H and O–H groups in total. The molecular weight excluding hydrogens is 250 g/mol. The average Bonchev–Trinajstić information content (AvgIpc) is 2.50. The number of fused-ring (bicyclic) bond motifs is 1. The Labute approximate surface area is 107 Å². The summed E-state index contributed by atoms with van der Waals surface area (Å²) in [6.07, 6.45) is 1.17. The first-order valence-electron chi connectivity index (χ1n) is 5.60. The SMILES string of the molecule is CC(C)(C)n1c(N)nc2c(S(C)(=O)=O)cccc21. The highest BCUT2D eigenvalue weighted by atomic mass is 32.2. The van der Waals surface area contributed by atoms with E-state index in [9.17, 15) is 8.42 Å². The maximum atomic E-state index is 11.7. The summed E-state index contributed by atoms with van der Waals surface area (Å²) in [5.74, 6) is 0.327. The minimum absolute atomic E-state index is 0.217. The average molecular weight is 267 g/mol. The van der Waals surface area contributed by atoms with Gasteiger partial charge >= 0.3 is 0 Å². The van der Waals surface area contributed by atoms with Crippen LogP contribution in [0.1, 0.15) is 20.8 Å². The zero-order chi connectivity index (χ0) is 13.7. The monoisotopic (exact) mass is 267 g/mol. The van der Waals surface area contributed by atoms with Crippen molar-refractivity contribution >= 4 is 26.8 Å². The fourth-order valence-electron chi connectivity index (χ4n) is 2.10. The summed E-state index contributed by atoms with van der Waals surface area (Å²) < 4.78 is 25.3. The van der Waals surface area contributed by atoms with Gasteiger partial charge in [-0.3, -0.25) is 0 Å². The van der Waals surface area contributed by atoms with Gasteiger partial charge < -0.3 is 10.3 Å². The second-order valence-corrected chi connectivity index (χ2v) is 7.36. The number of hydrogen-bond donors (Lipinski definition) is 1. The lowest BCUT2D eigenvalue weighted by atomic mass is 10.1. The summed E-state index contributed by atoms with van der Waals surface area (Å²) in [4.78, 5) is 4.42. The Morgan fingerprint density at radius 2 is 1.89 bits per heavy atom. The number of nitrogens with zero attached hydrogens (tertiary/aromatic N) is 2. The first-order chi connectivity index (χ1) is 8.12. The molecular formula is C12H17N3O2S. The van der Waals surface area contributed by atoms with E-state index in [4.69, 9.17) is 5.73 Å². The van der Waals surface area contributed by atoms with Crippen LogP contribution < -0.4 is 5.73 Å². The maximum Gasteiger partial charge on any atom is 0.201 e. The third-order valence-corrected chi connectivity index (χ3v) is 3.87. The molecule has 0 radical (unpaired) electrons. The molecule has 18 heavy (non-hydrogen) atoms. The third kappa shape index (κ3) is 1.96. The van der Waals surface area contributed by atoms with Crippen LogP contribution in [0.3, 0.4) is 0 Å². The van der Waals surface area contributed by atoms with E-state index in [1.54, 1.807) is 12.1 Å². The smallest absolute Gasteiger partial charge is 0.201 e. The Bertz CT molecular complexity index is 709. The van der Waals surface area contributed by atoms with Crippen LogP contribution in [0.15, 0.2) is 23.1 Å². The van der Waals surface area contributed by atoms with Crippen LogP contribution in [-0.2, 0) is 15.4 Å². The van der Waals surface area contributed by atoms with Crippen molar-refractivity contribution in [2.45, 2.75) is 31.2 Å². The third-order valence-electron chi connectivity index (χ3n) is 2.74. The van der Waals surface area contributed by atoms with Gasteiger partial charge in [-0.05, 0) is 32.9 Å². The lowest BCUT2D eigenvalue weighted by molar-refractivity contribution is 0.414. The minimum atomic E-state index is -3.31. The number of para-hydroxylation sites is 1. The number of benzene rings is 1. The van der Waals surface area contributed by atoms with E-state index >= 15 is 0 Å². The number of anilines is 1. The highest BCUT2D eigenvalue weighted by molar-refractivity contribution is 7.91. The summed E-state index contributed by atoms with van der Waals surface area (Å²) in [5, 5.41) is 0. The van der Waals surface area contributed by atoms with Gasteiger partial charge in [0.15, 0.2) is 9.84 Å². The molecule has 0 atom stereocenters. The number of rotatable bonds is 1. The topological polar surface area (TPSA) is 78.0 Å². The number of imidazole rings is 1. The van der Waals surface area contributed by atoms with E-state index in [0.717, 1.165) is 5.52 Å². The van der Waals surface area contributed by atoms with Gasteiger partial charge in [0.1, 0.15) is 5.52 Å². The molecule has 0 aliphatic heterocycles. The molecule has 0 bridgehead atoms. The molecule has 2 rings (SSSR count). The normalized spacial score (nSPS) is 13.1. The van der Waals surface area contributed by atoms with Crippen molar-refractivity contribution in [3.05, 3.63) is 18.2 Å². The molecule has 0 aliphatic rings. The number of aromatic nitrogens is 2. The van der Waals surface area contributed by atoms with E-state index in [1.807, 2.05) is 31.4 Å². The summed E-state index contributed by atoms with van der Waals surface area (Å²) in [7, 11) is -3.31. The van der Waals surface area contributed by atoms with Gasteiger partial charge in [-0.2, -0.15) is 0 Å². The fraction of sp³-hybridized carbons (Fsp3) is 0.417. The zero-order valence-corrected chi connectivity index (χ0v) is 11.7. The van der Waals surface area contributed by atoms with Gasteiger partial charge in [0.05, 0.1) is 10.4 Å². The summed E-state index contributed by atoms with van der Waals surface area (Å²) >= 11 is 0. The van der Waals surface area contributed by atoms with Crippen LogP contribution in [0, 0.1) is 0 Å². The zero-order valence-electron chi connectivity index (χ0n) is 10.9. The molecule has 0 amide bonds. The second-order valence-electron chi connectivity index (χ2n) is 5.37. The summed E-state index contributed by atoms with van der Waals surface area (Å²) in [6.45, 7) is 5.99. The Morgan fingerprint density at radius 1 is 1.28 bits per heavy atom.